The largest absolute Gasteiger partial charge is 0.378 e. The van der Waals surface area contributed by atoms with E-state index in [0.29, 0.717) is 28.1 Å². The van der Waals surface area contributed by atoms with Crippen molar-refractivity contribution in [1.29, 1.82) is 0 Å². The molecule has 0 saturated carbocycles. The van der Waals surface area contributed by atoms with Gasteiger partial charge >= 0.3 is 0 Å². The van der Waals surface area contributed by atoms with E-state index in [1.165, 1.54) is 5.69 Å². The number of para-hydroxylation sites is 1. The lowest BCUT2D eigenvalue weighted by molar-refractivity contribution is -0.127. The van der Waals surface area contributed by atoms with Crippen molar-refractivity contribution in [3.8, 4) is 0 Å². The molecule has 28 heavy (non-hydrogen) atoms. The number of morpholine rings is 1. The maximum Gasteiger partial charge on any atom is 0.232 e. The van der Waals surface area contributed by atoms with Crippen LogP contribution in [0, 0.1) is 0 Å². The molecule has 7 heteroatoms. The van der Waals surface area contributed by atoms with E-state index >= 15 is 0 Å². The molecule has 0 atom stereocenters. The number of amides is 1. The fraction of sp³-hybridized carbons (Fsp3) is 0.381. The van der Waals surface area contributed by atoms with Gasteiger partial charge in [0.05, 0.1) is 19.0 Å². The van der Waals surface area contributed by atoms with Crippen LogP contribution in [-0.4, -0.2) is 49.9 Å². The van der Waals surface area contributed by atoms with Crippen LogP contribution in [0.1, 0.15) is 11.1 Å². The highest BCUT2D eigenvalue weighted by Crippen LogP contribution is 2.26. The van der Waals surface area contributed by atoms with E-state index in [0.717, 1.165) is 37.4 Å². The molecule has 0 aromatic heterocycles. The number of thioether (sulfide) groups is 1. The molecule has 2 aromatic rings. The van der Waals surface area contributed by atoms with Gasteiger partial charge in [-0.25, -0.2) is 0 Å². The van der Waals surface area contributed by atoms with E-state index in [1.54, 1.807) is 22.7 Å². The third-order valence-electron chi connectivity index (χ3n) is 4.67. The van der Waals surface area contributed by atoms with Crippen LogP contribution in [-0.2, 0) is 21.8 Å². The molecular weight excluding hydrogens is 415 g/mol. The number of halogens is 2. The molecule has 0 unspecified atom stereocenters. The standard InChI is InChI=1S/C21H24Cl2N2O2S/c1-24(21(26)15-28-14-17-6-7-18(22)12-19(17)23)13-16-4-2-3-5-20(16)25-8-10-27-11-9-25/h2-7,12H,8-11,13-15H2,1H3. The lowest BCUT2D eigenvalue weighted by Crippen LogP contribution is -2.37. The van der Waals surface area contributed by atoms with Gasteiger partial charge < -0.3 is 14.5 Å². The van der Waals surface area contributed by atoms with Crippen LogP contribution in [0.25, 0.3) is 0 Å². The first-order valence-corrected chi connectivity index (χ1v) is 11.1. The molecule has 1 heterocycles. The van der Waals surface area contributed by atoms with Crippen molar-refractivity contribution in [2.24, 2.45) is 0 Å². The van der Waals surface area contributed by atoms with Gasteiger partial charge in [-0.15, -0.1) is 11.8 Å². The van der Waals surface area contributed by atoms with Crippen molar-refractivity contribution in [1.82, 2.24) is 4.90 Å². The van der Waals surface area contributed by atoms with Crippen LogP contribution < -0.4 is 4.90 Å². The highest BCUT2D eigenvalue weighted by Gasteiger charge is 2.17. The fourth-order valence-corrected chi connectivity index (χ4v) is 4.62. The van der Waals surface area contributed by atoms with Crippen LogP contribution in [0.15, 0.2) is 42.5 Å². The molecule has 1 aliphatic heterocycles. The third-order valence-corrected chi connectivity index (χ3v) is 6.23. The van der Waals surface area contributed by atoms with Crippen molar-refractivity contribution in [3.63, 3.8) is 0 Å². The van der Waals surface area contributed by atoms with Crippen LogP contribution in [0.2, 0.25) is 10.0 Å². The maximum atomic E-state index is 12.6. The smallest absolute Gasteiger partial charge is 0.232 e. The van der Waals surface area contributed by atoms with Crippen LogP contribution >= 0.6 is 35.0 Å². The second-order valence-corrected chi connectivity index (χ2v) is 8.54. The Balaban J connectivity index is 1.54. The summed E-state index contributed by atoms with van der Waals surface area (Å²) in [5, 5.41) is 1.26. The molecule has 0 radical (unpaired) electrons. The zero-order chi connectivity index (χ0) is 19.9. The van der Waals surface area contributed by atoms with Gasteiger partial charge in [0.15, 0.2) is 0 Å². The van der Waals surface area contributed by atoms with E-state index in [-0.39, 0.29) is 5.91 Å². The quantitative estimate of drug-likeness (QED) is 0.625. The van der Waals surface area contributed by atoms with Gasteiger partial charge in [-0.05, 0) is 29.3 Å². The normalized spacial score (nSPS) is 14.2. The monoisotopic (exact) mass is 438 g/mol. The Kier molecular flexibility index (Phi) is 7.91. The predicted octanol–water partition coefficient (Wildman–Crippen LogP) is 4.72. The van der Waals surface area contributed by atoms with E-state index in [9.17, 15) is 4.79 Å². The Morgan fingerprint density at radius 1 is 1.14 bits per heavy atom. The second-order valence-electron chi connectivity index (χ2n) is 6.71. The van der Waals surface area contributed by atoms with E-state index < -0.39 is 0 Å². The molecule has 3 rings (SSSR count). The number of benzene rings is 2. The summed E-state index contributed by atoms with van der Waals surface area (Å²) in [4.78, 5) is 16.7. The Labute approximate surface area is 180 Å². The molecule has 0 N–H and O–H groups in total. The SMILES string of the molecule is CN(Cc1ccccc1N1CCOCC1)C(=O)CSCc1ccc(Cl)cc1Cl. The van der Waals surface area contributed by atoms with Crippen molar-refractivity contribution < 1.29 is 9.53 Å². The third kappa shape index (κ3) is 5.80. The summed E-state index contributed by atoms with van der Waals surface area (Å²) in [6.07, 6.45) is 0. The van der Waals surface area contributed by atoms with Gasteiger partial charge in [0.1, 0.15) is 0 Å². The van der Waals surface area contributed by atoms with Gasteiger partial charge in [0.2, 0.25) is 5.91 Å². The fourth-order valence-electron chi connectivity index (χ4n) is 3.10. The van der Waals surface area contributed by atoms with Crippen molar-refractivity contribution >= 4 is 46.6 Å². The lowest BCUT2D eigenvalue weighted by atomic mass is 10.1. The maximum absolute atomic E-state index is 12.6. The number of hydrogen-bond donors (Lipinski definition) is 0. The van der Waals surface area contributed by atoms with Crippen molar-refractivity contribution in [2.45, 2.75) is 12.3 Å². The zero-order valence-corrected chi connectivity index (χ0v) is 18.2. The molecule has 4 nitrogen and oxygen atoms in total. The van der Waals surface area contributed by atoms with Gasteiger partial charge in [-0.1, -0.05) is 47.5 Å². The molecule has 1 aliphatic rings. The molecule has 150 valence electrons. The Morgan fingerprint density at radius 3 is 2.64 bits per heavy atom. The summed E-state index contributed by atoms with van der Waals surface area (Å²) >= 11 is 13.7. The molecule has 1 saturated heterocycles. The number of rotatable bonds is 7. The average Bonchev–Trinajstić information content (AvgIpc) is 2.70. The minimum atomic E-state index is 0.104. The topological polar surface area (TPSA) is 32.8 Å². The number of carbonyl (C=O) groups is 1. The van der Waals surface area contributed by atoms with Gasteiger partial charge in [-0.3, -0.25) is 4.79 Å². The summed E-state index contributed by atoms with van der Waals surface area (Å²) in [6.45, 7) is 3.84. The number of ether oxygens (including phenoxy) is 1. The molecule has 2 aromatic carbocycles. The highest BCUT2D eigenvalue weighted by atomic mass is 35.5. The Morgan fingerprint density at radius 2 is 1.89 bits per heavy atom. The number of anilines is 1. The molecule has 0 aliphatic carbocycles. The zero-order valence-electron chi connectivity index (χ0n) is 15.9. The number of hydrogen-bond acceptors (Lipinski definition) is 4. The summed E-state index contributed by atoms with van der Waals surface area (Å²) in [7, 11) is 1.86. The minimum Gasteiger partial charge on any atom is -0.378 e. The van der Waals surface area contributed by atoms with E-state index in [4.69, 9.17) is 27.9 Å². The summed E-state index contributed by atoms with van der Waals surface area (Å²) < 4.78 is 5.45. The van der Waals surface area contributed by atoms with Gasteiger partial charge in [0.25, 0.3) is 0 Å². The molecule has 1 amide bonds. The van der Waals surface area contributed by atoms with Crippen LogP contribution in [0.5, 0.6) is 0 Å². The van der Waals surface area contributed by atoms with Crippen LogP contribution in [0.4, 0.5) is 5.69 Å². The lowest BCUT2D eigenvalue weighted by Gasteiger charge is -2.31. The van der Waals surface area contributed by atoms with Crippen LogP contribution in [0.3, 0.4) is 0 Å². The first kappa shape index (κ1) is 21.3. The van der Waals surface area contributed by atoms with Crippen molar-refractivity contribution in [3.05, 3.63) is 63.6 Å². The highest BCUT2D eigenvalue weighted by molar-refractivity contribution is 7.99. The predicted molar refractivity (Wildman–Crippen MR) is 119 cm³/mol. The number of carbonyl (C=O) groups excluding carboxylic acids is 1. The van der Waals surface area contributed by atoms with Gasteiger partial charge in [-0.2, -0.15) is 0 Å². The average molecular weight is 439 g/mol. The first-order chi connectivity index (χ1) is 13.5. The summed E-state index contributed by atoms with van der Waals surface area (Å²) in [5.74, 6) is 1.20. The summed E-state index contributed by atoms with van der Waals surface area (Å²) in [6, 6.07) is 13.7. The minimum absolute atomic E-state index is 0.104. The molecule has 1 fully saturated rings. The van der Waals surface area contributed by atoms with Crippen molar-refractivity contribution in [2.75, 3.05) is 44.0 Å². The molecule has 0 bridgehead atoms. The molecular formula is C21H24Cl2N2O2S. The summed E-state index contributed by atoms with van der Waals surface area (Å²) in [5.41, 5.74) is 3.33. The number of nitrogens with zero attached hydrogens (tertiary/aromatic N) is 2. The first-order valence-electron chi connectivity index (χ1n) is 9.21. The second kappa shape index (κ2) is 10.4. The van der Waals surface area contributed by atoms with E-state index in [1.807, 2.05) is 31.3 Å². The molecule has 0 spiro atoms. The Hall–Kier alpha value is -1.40. The van der Waals surface area contributed by atoms with E-state index in [2.05, 4.69) is 17.0 Å². The Bertz CT molecular complexity index is 813. The van der Waals surface area contributed by atoms with Gasteiger partial charge in [0, 0.05) is 48.2 Å².